The molecule has 0 fully saturated rings. The predicted octanol–water partition coefficient (Wildman–Crippen LogP) is 2.90. The number of guanidine groups is 1. The SMILES string of the molecule is CCNC(=NCC1Cc2ccccc2O1)NCCCCCC(=O)OC.I. The number of fused-ring (bicyclic) bond motifs is 1. The molecule has 26 heavy (non-hydrogen) atoms. The summed E-state index contributed by atoms with van der Waals surface area (Å²) in [6.07, 6.45) is 4.34. The molecule has 0 radical (unpaired) electrons. The van der Waals surface area contributed by atoms with Gasteiger partial charge in [0.25, 0.3) is 0 Å². The van der Waals surface area contributed by atoms with Crippen molar-refractivity contribution in [3.63, 3.8) is 0 Å². The van der Waals surface area contributed by atoms with Gasteiger partial charge in [0.05, 0.1) is 13.7 Å². The standard InChI is InChI=1S/C19H29N3O3.HI/c1-3-20-19(21-12-8-4-5-11-18(23)24-2)22-14-16-13-15-9-6-7-10-17(15)25-16;/h6-7,9-10,16H,3-5,8,11-14H2,1-2H3,(H2,20,21,22);1H. The van der Waals surface area contributed by atoms with Crippen LogP contribution in [0.2, 0.25) is 0 Å². The van der Waals surface area contributed by atoms with Gasteiger partial charge in [0, 0.05) is 25.9 Å². The highest BCUT2D eigenvalue weighted by atomic mass is 127. The van der Waals surface area contributed by atoms with E-state index in [-0.39, 0.29) is 36.0 Å². The molecule has 0 bridgehead atoms. The van der Waals surface area contributed by atoms with Gasteiger partial charge in [-0.25, -0.2) is 4.99 Å². The Bertz CT molecular complexity index is 556. The minimum atomic E-state index is -0.138. The van der Waals surface area contributed by atoms with E-state index in [2.05, 4.69) is 33.4 Å². The first-order valence-electron chi connectivity index (χ1n) is 9.06. The summed E-state index contributed by atoms with van der Waals surface area (Å²) >= 11 is 0. The van der Waals surface area contributed by atoms with Crippen LogP contribution in [0.25, 0.3) is 0 Å². The molecule has 0 saturated heterocycles. The second-order valence-corrected chi connectivity index (χ2v) is 6.08. The van der Waals surface area contributed by atoms with Crippen LogP contribution >= 0.6 is 24.0 Å². The molecule has 146 valence electrons. The summed E-state index contributed by atoms with van der Waals surface area (Å²) in [5, 5.41) is 6.59. The Morgan fingerprint density at radius 2 is 2.08 bits per heavy atom. The Balaban J connectivity index is 0.00000338. The predicted molar refractivity (Wildman–Crippen MR) is 114 cm³/mol. The fourth-order valence-corrected chi connectivity index (χ4v) is 2.77. The summed E-state index contributed by atoms with van der Waals surface area (Å²) in [6, 6.07) is 8.16. The molecule has 7 heteroatoms. The normalized spacial score (nSPS) is 15.5. The number of ether oxygens (including phenoxy) is 2. The number of hydrogen-bond donors (Lipinski definition) is 2. The lowest BCUT2D eigenvalue weighted by atomic mass is 10.1. The maximum atomic E-state index is 11.1. The van der Waals surface area contributed by atoms with E-state index in [1.165, 1.54) is 12.7 Å². The van der Waals surface area contributed by atoms with Gasteiger partial charge in [0.1, 0.15) is 11.9 Å². The van der Waals surface area contributed by atoms with E-state index in [0.29, 0.717) is 13.0 Å². The van der Waals surface area contributed by atoms with Gasteiger partial charge in [-0.3, -0.25) is 4.79 Å². The van der Waals surface area contributed by atoms with Gasteiger partial charge >= 0.3 is 5.97 Å². The molecule has 0 aliphatic carbocycles. The number of carbonyl (C=O) groups excluding carboxylic acids is 1. The van der Waals surface area contributed by atoms with E-state index in [0.717, 1.165) is 50.5 Å². The van der Waals surface area contributed by atoms with E-state index in [9.17, 15) is 4.79 Å². The highest BCUT2D eigenvalue weighted by Gasteiger charge is 2.21. The van der Waals surface area contributed by atoms with Gasteiger partial charge in [-0.15, -0.1) is 24.0 Å². The van der Waals surface area contributed by atoms with Crippen molar-refractivity contribution in [2.45, 2.75) is 45.1 Å². The van der Waals surface area contributed by atoms with Crippen LogP contribution in [0.5, 0.6) is 5.75 Å². The zero-order valence-electron chi connectivity index (χ0n) is 15.6. The number of halogens is 1. The maximum Gasteiger partial charge on any atom is 0.305 e. The molecule has 2 rings (SSSR count). The van der Waals surface area contributed by atoms with Crippen LogP contribution < -0.4 is 15.4 Å². The molecule has 1 aromatic rings. The molecular formula is C19H30IN3O3. The van der Waals surface area contributed by atoms with Gasteiger partial charge in [-0.05, 0) is 31.4 Å². The van der Waals surface area contributed by atoms with E-state index >= 15 is 0 Å². The number of esters is 1. The van der Waals surface area contributed by atoms with Gasteiger partial charge in [-0.2, -0.15) is 0 Å². The fraction of sp³-hybridized carbons (Fsp3) is 0.579. The average Bonchev–Trinajstić information content (AvgIpc) is 3.05. The first-order valence-corrected chi connectivity index (χ1v) is 9.06. The van der Waals surface area contributed by atoms with Crippen molar-refractivity contribution in [2.75, 3.05) is 26.7 Å². The number of rotatable bonds is 9. The van der Waals surface area contributed by atoms with E-state index in [1.807, 2.05) is 18.2 Å². The third-order valence-electron chi connectivity index (χ3n) is 4.09. The van der Waals surface area contributed by atoms with Crippen LogP contribution in [0.15, 0.2) is 29.3 Å². The molecule has 1 aliphatic heterocycles. The summed E-state index contributed by atoms with van der Waals surface area (Å²) in [5.41, 5.74) is 1.26. The maximum absolute atomic E-state index is 11.1. The van der Waals surface area contributed by atoms with Crippen LogP contribution in [-0.4, -0.2) is 44.8 Å². The second-order valence-electron chi connectivity index (χ2n) is 6.08. The second kappa shape index (κ2) is 12.8. The van der Waals surface area contributed by atoms with Crippen LogP contribution in [0.4, 0.5) is 0 Å². The van der Waals surface area contributed by atoms with Crippen molar-refractivity contribution in [3.8, 4) is 5.75 Å². The average molecular weight is 475 g/mol. The first-order chi connectivity index (χ1) is 12.2. The van der Waals surface area contributed by atoms with Crippen molar-refractivity contribution in [1.82, 2.24) is 10.6 Å². The van der Waals surface area contributed by atoms with Crippen LogP contribution in [0, 0.1) is 0 Å². The number of carbonyl (C=O) groups is 1. The van der Waals surface area contributed by atoms with E-state index in [1.54, 1.807) is 0 Å². The zero-order valence-corrected chi connectivity index (χ0v) is 18.0. The van der Waals surface area contributed by atoms with Crippen LogP contribution in [0.1, 0.15) is 38.2 Å². The van der Waals surface area contributed by atoms with Gasteiger partial charge in [0.2, 0.25) is 0 Å². The highest BCUT2D eigenvalue weighted by molar-refractivity contribution is 14.0. The molecule has 1 aliphatic rings. The summed E-state index contributed by atoms with van der Waals surface area (Å²) in [4.78, 5) is 15.7. The number of nitrogens with zero attached hydrogens (tertiary/aromatic N) is 1. The van der Waals surface area contributed by atoms with Crippen molar-refractivity contribution in [3.05, 3.63) is 29.8 Å². The Labute approximate surface area is 173 Å². The molecule has 0 aromatic heterocycles. The van der Waals surface area contributed by atoms with Crippen molar-refractivity contribution in [1.29, 1.82) is 0 Å². The van der Waals surface area contributed by atoms with Gasteiger partial charge < -0.3 is 20.1 Å². The van der Waals surface area contributed by atoms with Crippen molar-refractivity contribution >= 4 is 35.9 Å². The summed E-state index contributed by atoms with van der Waals surface area (Å²) in [5.74, 6) is 1.65. The van der Waals surface area contributed by atoms with E-state index < -0.39 is 0 Å². The summed E-state index contributed by atoms with van der Waals surface area (Å²) in [7, 11) is 1.43. The number of aliphatic imine (C=N–C) groups is 1. The quantitative estimate of drug-likeness (QED) is 0.189. The molecule has 1 heterocycles. The molecule has 1 unspecified atom stereocenters. The topological polar surface area (TPSA) is 72.0 Å². The minimum absolute atomic E-state index is 0. The lowest BCUT2D eigenvalue weighted by molar-refractivity contribution is -0.140. The summed E-state index contributed by atoms with van der Waals surface area (Å²) in [6.45, 7) is 4.33. The Hall–Kier alpha value is -1.51. The molecular weight excluding hydrogens is 445 g/mol. The Morgan fingerprint density at radius 1 is 1.27 bits per heavy atom. The molecule has 6 nitrogen and oxygen atoms in total. The molecule has 2 N–H and O–H groups in total. The van der Waals surface area contributed by atoms with Gasteiger partial charge in [0.15, 0.2) is 5.96 Å². The van der Waals surface area contributed by atoms with E-state index in [4.69, 9.17) is 4.74 Å². The number of para-hydroxylation sites is 1. The highest BCUT2D eigenvalue weighted by Crippen LogP contribution is 2.28. The smallest absolute Gasteiger partial charge is 0.305 e. The number of benzene rings is 1. The molecule has 0 saturated carbocycles. The number of unbranched alkanes of at least 4 members (excludes halogenated alkanes) is 2. The fourth-order valence-electron chi connectivity index (χ4n) is 2.77. The molecule has 0 spiro atoms. The largest absolute Gasteiger partial charge is 0.488 e. The van der Waals surface area contributed by atoms with Crippen molar-refractivity contribution in [2.24, 2.45) is 4.99 Å². The molecule has 0 amide bonds. The lowest BCUT2D eigenvalue weighted by Crippen LogP contribution is -2.38. The molecule has 1 aromatic carbocycles. The Kier molecular flexibility index (Phi) is 11.1. The van der Waals surface area contributed by atoms with Crippen LogP contribution in [0.3, 0.4) is 0 Å². The Morgan fingerprint density at radius 3 is 2.81 bits per heavy atom. The lowest BCUT2D eigenvalue weighted by Gasteiger charge is -2.13. The third-order valence-corrected chi connectivity index (χ3v) is 4.09. The summed E-state index contributed by atoms with van der Waals surface area (Å²) < 4.78 is 10.6. The monoisotopic (exact) mass is 475 g/mol. The van der Waals surface area contributed by atoms with Gasteiger partial charge in [-0.1, -0.05) is 24.6 Å². The number of nitrogens with one attached hydrogen (secondary N) is 2. The third kappa shape index (κ3) is 7.80. The minimum Gasteiger partial charge on any atom is -0.488 e. The van der Waals surface area contributed by atoms with Crippen LogP contribution in [-0.2, 0) is 16.0 Å². The number of methoxy groups -OCH3 is 1. The number of hydrogen-bond acceptors (Lipinski definition) is 4. The zero-order chi connectivity index (χ0) is 17.9. The van der Waals surface area contributed by atoms with Crippen molar-refractivity contribution < 1.29 is 14.3 Å². The first kappa shape index (κ1) is 22.5. The molecule has 1 atom stereocenters.